The molecule has 1 aliphatic heterocycles. The monoisotopic (exact) mass is 377 g/mol. The summed E-state index contributed by atoms with van der Waals surface area (Å²) in [6.07, 6.45) is 1.90. The van der Waals surface area contributed by atoms with Gasteiger partial charge in [-0.25, -0.2) is 5.10 Å². The topological polar surface area (TPSA) is 74.8 Å². The van der Waals surface area contributed by atoms with Gasteiger partial charge in [0.25, 0.3) is 5.56 Å². The molecule has 0 aliphatic carbocycles. The maximum absolute atomic E-state index is 11.9. The number of nitrogens with one attached hydrogen (secondary N) is 1. The molecule has 0 atom stereocenters. The molecule has 3 heterocycles. The lowest BCUT2D eigenvalue weighted by atomic mass is 9.90. The second kappa shape index (κ2) is 7.37. The Morgan fingerprint density at radius 3 is 2.44 bits per heavy atom. The Morgan fingerprint density at radius 2 is 1.76 bits per heavy atom. The van der Waals surface area contributed by atoms with Gasteiger partial charge in [0.15, 0.2) is 11.0 Å². The van der Waals surface area contributed by atoms with Crippen LogP contribution in [-0.2, 0) is 0 Å². The molecule has 1 aromatic carbocycles. The fraction of sp³-hybridized carbons (Fsp3) is 0.294. The van der Waals surface area contributed by atoms with Gasteiger partial charge in [-0.2, -0.15) is 5.10 Å². The molecule has 130 valence electrons. The van der Waals surface area contributed by atoms with Crippen LogP contribution in [0.2, 0.25) is 5.15 Å². The summed E-state index contributed by atoms with van der Waals surface area (Å²) in [6, 6.07) is 11.3. The Hall–Kier alpha value is -2.18. The molecule has 1 saturated heterocycles. The predicted molar refractivity (Wildman–Crippen MR) is 101 cm³/mol. The lowest BCUT2D eigenvalue weighted by Gasteiger charge is -2.32. The minimum atomic E-state index is -0.136. The van der Waals surface area contributed by atoms with Crippen LogP contribution in [0.3, 0.4) is 0 Å². The third kappa shape index (κ3) is 3.45. The normalized spacial score (nSPS) is 15.2. The average molecular weight is 378 g/mol. The molecule has 1 aliphatic rings. The van der Waals surface area contributed by atoms with Crippen LogP contribution in [0.25, 0.3) is 10.8 Å². The van der Waals surface area contributed by atoms with Gasteiger partial charge in [0.1, 0.15) is 0 Å². The van der Waals surface area contributed by atoms with Crippen LogP contribution in [0.5, 0.6) is 0 Å². The number of H-pyrrole nitrogens is 1. The molecule has 25 heavy (non-hydrogen) atoms. The summed E-state index contributed by atoms with van der Waals surface area (Å²) in [7, 11) is 0. The smallest absolute Gasteiger partial charge is 0.272 e. The van der Waals surface area contributed by atoms with E-state index in [1.807, 2.05) is 30.3 Å². The van der Waals surface area contributed by atoms with Crippen molar-refractivity contribution in [1.82, 2.24) is 20.4 Å². The van der Waals surface area contributed by atoms with Crippen molar-refractivity contribution in [3.8, 4) is 0 Å². The highest BCUT2D eigenvalue weighted by Crippen LogP contribution is 2.31. The van der Waals surface area contributed by atoms with Gasteiger partial charge >= 0.3 is 0 Å². The lowest BCUT2D eigenvalue weighted by molar-refractivity contribution is 0.491. The zero-order valence-corrected chi connectivity index (χ0v) is 14.9. The standard InChI is InChI=1S/C17H16ClN5O.ClH/c18-14-5-6-15(20-19-14)23-9-7-11(8-10-23)16-12-3-1-2-4-13(12)17(24)22-21-16;/h1-6,11H,7-10H2,(H,22,24);1H. The minimum Gasteiger partial charge on any atom is -0.355 e. The number of aromatic nitrogens is 4. The average Bonchev–Trinajstić information content (AvgIpc) is 2.63. The molecule has 0 bridgehead atoms. The van der Waals surface area contributed by atoms with Crippen molar-refractivity contribution < 1.29 is 0 Å². The number of fused-ring (bicyclic) bond motifs is 1. The summed E-state index contributed by atoms with van der Waals surface area (Å²) >= 11 is 5.79. The zero-order chi connectivity index (χ0) is 16.5. The summed E-state index contributed by atoms with van der Waals surface area (Å²) in [4.78, 5) is 14.1. The van der Waals surface area contributed by atoms with Crippen LogP contribution < -0.4 is 10.5 Å². The summed E-state index contributed by atoms with van der Waals surface area (Å²) in [5, 5.41) is 17.1. The second-order valence-electron chi connectivity index (χ2n) is 5.96. The first-order valence-electron chi connectivity index (χ1n) is 7.94. The summed E-state index contributed by atoms with van der Waals surface area (Å²) in [6.45, 7) is 1.74. The largest absolute Gasteiger partial charge is 0.355 e. The lowest BCUT2D eigenvalue weighted by Crippen LogP contribution is -2.34. The fourth-order valence-corrected chi connectivity index (χ4v) is 3.41. The van der Waals surface area contributed by atoms with E-state index in [9.17, 15) is 4.79 Å². The molecule has 2 aromatic heterocycles. The van der Waals surface area contributed by atoms with Gasteiger partial charge < -0.3 is 4.90 Å². The third-order valence-electron chi connectivity index (χ3n) is 4.55. The first-order chi connectivity index (χ1) is 11.7. The van der Waals surface area contributed by atoms with E-state index in [-0.39, 0.29) is 18.0 Å². The van der Waals surface area contributed by atoms with Gasteiger partial charge in [0.05, 0.1) is 11.1 Å². The molecule has 6 nitrogen and oxygen atoms in total. The number of aromatic amines is 1. The van der Waals surface area contributed by atoms with Crippen LogP contribution in [0.15, 0.2) is 41.2 Å². The number of halogens is 2. The van der Waals surface area contributed by atoms with Crippen molar-refractivity contribution in [2.75, 3.05) is 18.0 Å². The SMILES string of the molecule is Cl.O=c1[nH]nc(C2CCN(c3ccc(Cl)nn3)CC2)c2ccccc12. The van der Waals surface area contributed by atoms with Gasteiger partial charge in [0.2, 0.25) is 0 Å². The quantitative estimate of drug-likeness (QED) is 0.742. The zero-order valence-electron chi connectivity index (χ0n) is 13.4. The first kappa shape index (κ1) is 17.6. The molecule has 0 radical (unpaired) electrons. The summed E-state index contributed by atoms with van der Waals surface area (Å²) < 4.78 is 0. The van der Waals surface area contributed by atoms with E-state index in [0.717, 1.165) is 42.8 Å². The molecule has 0 amide bonds. The third-order valence-corrected chi connectivity index (χ3v) is 4.75. The molecular formula is C17H17Cl2N5O. The molecule has 0 spiro atoms. The van der Waals surface area contributed by atoms with Crippen LogP contribution in [0.4, 0.5) is 5.82 Å². The predicted octanol–water partition coefficient (Wildman–Crippen LogP) is 3.17. The van der Waals surface area contributed by atoms with Gasteiger partial charge in [0, 0.05) is 24.4 Å². The number of nitrogens with zero attached hydrogens (tertiary/aromatic N) is 4. The van der Waals surface area contributed by atoms with E-state index in [1.165, 1.54) is 0 Å². The Morgan fingerprint density at radius 1 is 1.04 bits per heavy atom. The van der Waals surface area contributed by atoms with Crippen molar-refractivity contribution in [3.63, 3.8) is 0 Å². The van der Waals surface area contributed by atoms with Crippen molar-refractivity contribution in [3.05, 3.63) is 57.6 Å². The van der Waals surface area contributed by atoms with Crippen LogP contribution in [0.1, 0.15) is 24.5 Å². The number of rotatable bonds is 2. The first-order valence-corrected chi connectivity index (χ1v) is 8.31. The van der Waals surface area contributed by atoms with Gasteiger partial charge in [-0.1, -0.05) is 29.8 Å². The van der Waals surface area contributed by atoms with Gasteiger partial charge in [-0.3, -0.25) is 4.79 Å². The number of hydrogen-bond donors (Lipinski definition) is 1. The van der Waals surface area contributed by atoms with E-state index < -0.39 is 0 Å². The Labute approximate surface area is 155 Å². The molecule has 8 heteroatoms. The van der Waals surface area contributed by atoms with Gasteiger partial charge in [-0.05, 0) is 31.0 Å². The highest BCUT2D eigenvalue weighted by molar-refractivity contribution is 6.29. The second-order valence-corrected chi connectivity index (χ2v) is 6.35. The van der Waals surface area contributed by atoms with Crippen molar-refractivity contribution >= 4 is 40.6 Å². The van der Waals surface area contributed by atoms with Crippen LogP contribution in [0, 0.1) is 0 Å². The van der Waals surface area contributed by atoms with E-state index in [4.69, 9.17) is 11.6 Å². The molecule has 4 rings (SSSR count). The van der Waals surface area contributed by atoms with Crippen molar-refractivity contribution in [2.45, 2.75) is 18.8 Å². The minimum absolute atomic E-state index is 0. The molecular weight excluding hydrogens is 361 g/mol. The maximum Gasteiger partial charge on any atom is 0.272 e. The Kier molecular flexibility index (Phi) is 5.20. The van der Waals surface area contributed by atoms with Crippen molar-refractivity contribution in [2.24, 2.45) is 0 Å². The molecule has 3 aromatic rings. The van der Waals surface area contributed by atoms with Gasteiger partial charge in [-0.15, -0.1) is 22.6 Å². The maximum atomic E-state index is 11.9. The number of piperidine rings is 1. The number of benzene rings is 1. The molecule has 1 N–H and O–H groups in total. The Bertz CT molecular complexity index is 920. The Balaban J connectivity index is 0.00000182. The van der Waals surface area contributed by atoms with E-state index in [1.54, 1.807) is 6.07 Å². The molecule has 1 fully saturated rings. The van der Waals surface area contributed by atoms with E-state index >= 15 is 0 Å². The fourth-order valence-electron chi connectivity index (χ4n) is 3.31. The highest BCUT2D eigenvalue weighted by atomic mass is 35.5. The van der Waals surface area contributed by atoms with E-state index in [0.29, 0.717) is 16.5 Å². The molecule has 0 saturated carbocycles. The highest BCUT2D eigenvalue weighted by Gasteiger charge is 2.24. The van der Waals surface area contributed by atoms with Crippen LogP contribution >= 0.6 is 24.0 Å². The number of anilines is 1. The summed E-state index contributed by atoms with van der Waals surface area (Å²) in [5.41, 5.74) is 0.843. The summed E-state index contributed by atoms with van der Waals surface area (Å²) in [5.74, 6) is 1.17. The van der Waals surface area contributed by atoms with Crippen molar-refractivity contribution in [1.29, 1.82) is 0 Å². The molecule has 0 unspecified atom stereocenters. The number of hydrogen-bond acceptors (Lipinski definition) is 5. The van der Waals surface area contributed by atoms with Crippen LogP contribution in [-0.4, -0.2) is 33.5 Å². The van der Waals surface area contributed by atoms with E-state index in [2.05, 4.69) is 25.3 Å².